The third-order valence-electron chi connectivity index (χ3n) is 3.16. The molecule has 3 heterocycles. The number of alkyl halides is 3. The second-order valence-electron chi connectivity index (χ2n) is 5.71. The van der Waals surface area contributed by atoms with E-state index in [9.17, 15) is 18.0 Å². The van der Waals surface area contributed by atoms with E-state index in [1.165, 1.54) is 11.3 Å². The van der Waals surface area contributed by atoms with Crippen LogP contribution in [0.1, 0.15) is 35.1 Å². The lowest BCUT2D eigenvalue weighted by Gasteiger charge is -2.05. The van der Waals surface area contributed by atoms with Crippen molar-refractivity contribution in [3.05, 3.63) is 40.9 Å². The highest BCUT2D eigenvalue weighted by atomic mass is 32.1. The Bertz CT molecular complexity index is 912. The number of hydrogen-bond acceptors (Lipinski definition) is 6. The molecule has 0 unspecified atom stereocenters. The van der Waals surface area contributed by atoms with Crippen molar-refractivity contribution in [3.8, 4) is 10.7 Å². The van der Waals surface area contributed by atoms with Crippen LogP contribution in [0.25, 0.3) is 10.7 Å². The van der Waals surface area contributed by atoms with E-state index in [4.69, 9.17) is 0 Å². The maximum absolute atomic E-state index is 12.5. The molecule has 1 N–H and O–H groups in total. The summed E-state index contributed by atoms with van der Waals surface area (Å²) in [6, 6.07) is 4.95. The van der Waals surface area contributed by atoms with Crippen LogP contribution in [0.15, 0.2) is 28.9 Å². The van der Waals surface area contributed by atoms with Gasteiger partial charge in [-0.15, -0.1) is 11.3 Å². The highest BCUT2D eigenvalue weighted by Gasteiger charge is 2.38. The van der Waals surface area contributed by atoms with E-state index in [-0.39, 0.29) is 17.8 Å². The van der Waals surface area contributed by atoms with Crippen LogP contribution in [0.2, 0.25) is 0 Å². The van der Waals surface area contributed by atoms with Crippen LogP contribution in [0, 0.1) is 0 Å². The lowest BCUT2D eigenvalue weighted by atomic mass is 10.3. The number of carbonyl (C=O) groups is 1. The molecule has 26 heavy (non-hydrogen) atoms. The second kappa shape index (κ2) is 6.90. The van der Waals surface area contributed by atoms with Crippen molar-refractivity contribution in [2.45, 2.75) is 32.6 Å². The monoisotopic (exact) mass is 385 g/mol. The molecule has 3 aromatic heterocycles. The molecule has 0 atom stereocenters. The summed E-state index contributed by atoms with van der Waals surface area (Å²) in [5.41, 5.74) is 0.295. The number of thiophene rings is 1. The quantitative estimate of drug-likeness (QED) is 0.729. The lowest BCUT2D eigenvalue weighted by Crippen LogP contribution is -2.30. The lowest BCUT2D eigenvalue weighted by molar-refractivity contribution is -0.159. The summed E-state index contributed by atoms with van der Waals surface area (Å²) < 4.78 is 43.4. The van der Waals surface area contributed by atoms with Gasteiger partial charge in [-0.1, -0.05) is 5.16 Å². The van der Waals surface area contributed by atoms with Crippen LogP contribution in [-0.2, 0) is 12.7 Å². The van der Waals surface area contributed by atoms with Crippen molar-refractivity contribution in [3.63, 3.8) is 0 Å². The van der Waals surface area contributed by atoms with Gasteiger partial charge < -0.3 is 9.84 Å². The van der Waals surface area contributed by atoms with Gasteiger partial charge in [0.05, 0.1) is 11.4 Å². The number of halogens is 3. The third kappa shape index (κ3) is 4.10. The molecule has 0 spiro atoms. The smallest absolute Gasteiger partial charge is 0.348 e. The van der Waals surface area contributed by atoms with Crippen molar-refractivity contribution in [2.24, 2.45) is 0 Å². The molecule has 0 aliphatic rings. The summed E-state index contributed by atoms with van der Waals surface area (Å²) in [6.45, 7) is 4.07. The highest BCUT2D eigenvalue weighted by Crippen LogP contribution is 2.31. The molecule has 0 bridgehead atoms. The molecule has 0 saturated carbocycles. The molecule has 0 saturated heterocycles. The summed E-state index contributed by atoms with van der Waals surface area (Å²) in [6.07, 6.45) is -3.02. The first-order valence-corrected chi connectivity index (χ1v) is 8.38. The Hall–Kier alpha value is -2.69. The van der Waals surface area contributed by atoms with Crippen molar-refractivity contribution < 1.29 is 22.5 Å². The van der Waals surface area contributed by atoms with E-state index in [0.29, 0.717) is 17.1 Å². The summed E-state index contributed by atoms with van der Waals surface area (Å²) in [5.74, 6) is -1.77. The van der Waals surface area contributed by atoms with Crippen LogP contribution >= 0.6 is 11.3 Å². The highest BCUT2D eigenvalue weighted by molar-refractivity contribution is 7.15. The predicted molar refractivity (Wildman–Crippen MR) is 86.5 cm³/mol. The molecule has 138 valence electrons. The number of rotatable bonds is 5. The topological polar surface area (TPSA) is 85.8 Å². The Kier molecular flexibility index (Phi) is 4.81. The summed E-state index contributed by atoms with van der Waals surface area (Å²) in [5, 5.41) is 10.3. The minimum atomic E-state index is -4.67. The maximum Gasteiger partial charge on any atom is 0.471 e. The van der Waals surface area contributed by atoms with Crippen molar-refractivity contribution in [1.29, 1.82) is 0 Å². The zero-order valence-electron chi connectivity index (χ0n) is 13.7. The molecule has 1 amide bonds. The Morgan fingerprint density at radius 2 is 2.12 bits per heavy atom. The molecular weight excluding hydrogens is 371 g/mol. The molecule has 0 aromatic carbocycles. The minimum absolute atomic E-state index is 0.00375. The Balaban J connectivity index is 1.70. The van der Waals surface area contributed by atoms with Gasteiger partial charge in [-0.25, -0.2) is 0 Å². The summed E-state index contributed by atoms with van der Waals surface area (Å²) in [7, 11) is 0. The predicted octanol–water partition coefficient (Wildman–Crippen LogP) is 3.20. The van der Waals surface area contributed by atoms with Gasteiger partial charge in [-0.05, 0) is 32.0 Å². The minimum Gasteiger partial charge on any atom is -0.348 e. The van der Waals surface area contributed by atoms with Gasteiger partial charge >= 0.3 is 12.1 Å². The normalized spacial score (nSPS) is 11.9. The molecule has 3 rings (SSSR count). The average Bonchev–Trinajstić information content (AvgIpc) is 3.26. The number of hydrogen-bond donors (Lipinski definition) is 1. The Labute approximate surface area is 149 Å². The van der Waals surface area contributed by atoms with Gasteiger partial charge in [-0.2, -0.15) is 23.3 Å². The van der Waals surface area contributed by atoms with E-state index in [1.54, 1.807) is 29.1 Å². The number of nitrogens with zero attached hydrogens (tertiary/aromatic N) is 4. The van der Waals surface area contributed by atoms with E-state index in [2.05, 4.69) is 25.1 Å². The van der Waals surface area contributed by atoms with Crippen LogP contribution in [0.5, 0.6) is 0 Å². The van der Waals surface area contributed by atoms with E-state index in [0.717, 1.165) is 4.88 Å². The summed E-state index contributed by atoms with van der Waals surface area (Å²) in [4.78, 5) is 16.5. The van der Waals surface area contributed by atoms with Crippen molar-refractivity contribution >= 4 is 17.2 Å². The van der Waals surface area contributed by atoms with Gasteiger partial charge in [0.2, 0.25) is 5.82 Å². The first-order chi connectivity index (χ1) is 12.2. The van der Waals surface area contributed by atoms with E-state index < -0.39 is 12.1 Å². The first-order valence-electron chi connectivity index (χ1n) is 7.56. The fourth-order valence-corrected chi connectivity index (χ4v) is 3.01. The average molecular weight is 385 g/mol. The van der Waals surface area contributed by atoms with E-state index >= 15 is 0 Å². The van der Waals surface area contributed by atoms with Crippen molar-refractivity contribution in [2.75, 3.05) is 0 Å². The van der Waals surface area contributed by atoms with Gasteiger partial charge in [0.15, 0.2) is 0 Å². The third-order valence-corrected chi connectivity index (χ3v) is 4.23. The molecule has 7 nitrogen and oxygen atoms in total. The van der Waals surface area contributed by atoms with Crippen LogP contribution in [-0.4, -0.2) is 31.9 Å². The summed E-state index contributed by atoms with van der Waals surface area (Å²) >= 11 is 1.22. The van der Waals surface area contributed by atoms with Crippen LogP contribution in [0.3, 0.4) is 0 Å². The number of nitrogens with one attached hydrogen (secondary N) is 1. The van der Waals surface area contributed by atoms with E-state index in [1.807, 2.05) is 13.8 Å². The van der Waals surface area contributed by atoms with Gasteiger partial charge in [-0.3, -0.25) is 9.48 Å². The van der Waals surface area contributed by atoms with Crippen LogP contribution in [0.4, 0.5) is 13.2 Å². The number of aromatic nitrogens is 4. The largest absolute Gasteiger partial charge is 0.471 e. The second-order valence-corrected chi connectivity index (χ2v) is 6.88. The fourth-order valence-electron chi connectivity index (χ4n) is 2.09. The number of carbonyl (C=O) groups excluding carboxylic acids is 1. The van der Waals surface area contributed by atoms with Gasteiger partial charge in [0.1, 0.15) is 5.69 Å². The zero-order valence-corrected chi connectivity index (χ0v) is 14.6. The van der Waals surface area contributed by atoms with Gasteiger partial charge in [0.25, 0.3) is 5.91 Å². The SMILES string of the molecule is CC(C)NC(=O)c1ccn(Cc2ccc(-c3noc(C(F)(F)F)n3)s2)n1. The zero-order chi connectivity index (χ0) is 18.9. The molecule has 0 radical (unpaired) electrons. The maximum atomic E-state index is 12.5. The van der Waals surface area contributed by atoms with Gasteiger partial charge in [0, 0.05) is 17.1 Å². The molecular formula is C15H14F3N5O2S. The standard InChI is InChI=1S/C15H14F3N5O2S/c1-8(2)19-13(24)10-5-6-23(21-10)7-9-3-4-11(26-9)12-20-14(25-22-12)15(16,17)18/h3-6,8H,7H2,1-2H3,(H,19,24). The molecule has 3 aromatic rings. The molecule has 0 aliphatic carbocycles. The first kappa shape index (κ1) is 18.1. The molecule has 0 fully saturated rings. The fraction of sp³-hybridized carbons (Fsp3) is 0.333. The molecule has 11 heteroatoms. The molecule has 0 aliphatic heterocycles. The Morgan fingerprint density at radius 3 is 2.77 bits per heavy atom. The number of amides is 1. The Morgan fingerprint density at radius 1 is 1.35 bits per heavy atom. The van der Waals surface area contributed by atoms with Crippen molar-refractivity contribution in [1.82, 2.24) is 25.2 Å². The van der Waals surface area contributed by atoms with Crippen LogP contribution < -0.4 is 5.32 Å².